The number of hydrogen-bond donors (Lipinski definition) is 3. The highest BCUT2D eigenvalue weighted by Gasteiger charge is 2.10. The number of benzene rings is 1. The third kappa shape index (κ3) is 2.96. The predicted molar refractivity (Wildman–Crippen MR) is 99.3 cm³/mol. The first-order chi connectivity index (χ1) is 11.8. The van der Waals surface area contributed by atoms with Gasteiger partial charge >= 0.3 is 0 Å². The molecular formula is C17H19ClN6. The van der Waals surface area contributed by atoms with Crippen molar-refractivity contribution in [1.82, 2.24) is 24.9 Å². The number of hydrogen-bond acceptors (Lipinski definition) is 4. The molecule has 24 heavy (non-hydrogen) atoms. The molecule has 4 aromatic rings. The smallest absolute Gasteiger partial charge is 0.163 e. The van der Waals surface area contributed by atoms with E-state index < -0.39 is 0 Å². The van der Waals surface area contributed by atoms with E-state index in [1.165, 1.54) is 0 Å². The van der Waals surface area contributed by atoms with Gasteiger partial charge in [-0.1, -0.05) is 23.7 Å². The number of nitrogens with one attached hydrogen (secondary N) is 3. The maximum atomic E-state index is 6.08. The van der Waals surface area contributed by atoms with Crippen LogP contribution in [0.25, 0.3) is 22.4 Å². The lowest BCUT2D eigenvalue weighted by Gasteiger charge is -2.09. The van der Waals surface area contributed by atoms with Gasteiger partial charge in [-0.2, -0.15) is 0 Å². The van der Waals surface area contributed by atoms with Gasteiger partial charge in [0.2, 0.25) is 0 Å². The van der Waals surface area contributed by atoms with Gasteiger partial charge < -0.3 is 15.3 Å². The Bertz CT molecular complexity index is 970. The van der Waals surface area contributed by atoms with Crippen molar-refractivity contribution in [1.29, 1.82) is 0 Å². The molecule has 0 radical (unpaired) electrons. The molecule has 0 spiro atoms. The average Bonchev–Trinajstić information content (AvgIpc) is 3.26. The van der Waals surface area contributed by atoms with Crippen LogP contribution in [0.1, 0.15) is 8.55 Å². The minimum atomic E-state index is 0. The molecule has 3 heterocycles. The zero-order chi connectivity index (χ0) is 16.4. The molecule has 0 amide bonds. The third-order valence-corrected chi connectivity index (χ3v) is 3.98. The van der Waals surface area contributed by atoms with Gasteiger partial charge in [-0.05, 0) is 18.2 Å². The Kier molecular flexibility index (Phi) is 3.88. The normalized spacial score (nSPS) is 11.0. The number of aromatic amines is 2. The fourth-order valence-corrected chi connectivity index (χ4v) is 2.76. The van der Waals surface area contributed by atoms with Crippen LogP contribution >= 0.6 is 11.6 Å². The molecule has 124 valence electrons. The van der Waals surface area contributed by atoms with Crippen molar-refractivity contribution in [2.24, 2.45) is 0 Å². The fourth-order valence-electron chi connectivity index (χ4n) is 2.57. The zero-order valence-electron chi connectivity index (χ0n) is 12.8. The second-order valence-corrected chi connectivity index (χ2v) is 5.84. The molecule has 3 N–H and O–H groups in total. The molecule has 0 fully saturated rings. The first-order valence-electron chi connectivity index (χ1n) is 7.62. The van der Waals surface area contributed by atoms with Crippen LogP contribution in [0.4, 0.5) is 5.82 Å². The summed E-state index contributed by atoms with van der Waals surface area (Å²) in [6.07, 6.45) is 6.20. The van der Waals surface area contributed by atoms with E-state index in [2.05, 4.69) is 30.2 Å². The third-order valence-electron chi connectivity index (χ3n) is 3.74. The van der Waals surface area contributed by atoms with Crippen LogP contribution in [-0.4, -0.2) is 31.5 Å². The summed E-state index contributed by atoms with van der Waals surface area (Å²) in [6, 6.07) is 9.51. The summed E-state index contributed by atoms with van der Waals surface area (Å²) >= 11 is 6.08. The molecule has 7 heteroatoms. The topological polar surface area (TPSA) is 82.3 Å². The number of fused-ring (bicyclic) bond motifs is 1. The van der Waals surface area contributed by atoms with Crippen molar-refractivity contribution in [2.45, 2.75) is 6.42 Å². The second-order valence-electron chi connectivity index (χ2n) is 5.40. The number of aromatic nitrogens is 5. The van der Waals surface area contributed by atoms with Gasteiger partial charge in [-0.3, -0.25) is 0 Å². The van der Waals surface area contributed by atoms with Crippen molar-refractivity contribution >= 4 is 28.5 Å². The lowest BCUT2D eigenvalue weighted by atomic mass is 10.2. The van der Waals surface area contributed by atoms with E-state index in [4.69, 9.17) is 11.6 Å². The fraction of sp³-hybridized carbons (Fsp3) is 0.118. The summed E-state index contributed by atoms with van der Waals surface area (Å²) in [7, 11) is 0. The van der Waals surface area contributed by atoms with Crippen LogP contribution in [0.3, 0.4) is 0 Å². The van der Waals surface area contributed by atoms with Gasteiger partial charge in [0.15, 0.2) is 5.82 Å². The second kappa shape index (κ2) is 6.33. The summed E-state index contributed by atoms with van der Waals surface area (Å²) in [5.41, 5.74) is 2.76. The molecule has 4 rings (SSSR count). The van der Waals surface area contributed by atoms with E-state index in [-0.39, 0.29) is 2.85 Å². The Balaban J connectivity index is 0.00000121. The molecule has 1 aromatic carbocycles. The van der Waals surface area contributed by atoms with Gasteiger partial charge in [0.25, 0.3) is 0 Å². The number of nitrogens with zero attached hydrogens (tertiary/aromatic N) is 3. The number of H-pyrrole nitrogens is 2. The minimum absolute atomic E-state index is 0. The highest BCUT2D eigenvalue weighted by atomic mass is 35.5. The quantitative estimate of drug-likeness (QED) is 0.509. The minimum Gasteiger partial charge on any atom is -0.369 e. The highest BCUT2D eigenvalue weighted by molar-refractivity contribution is 6.30. The largest absolute Gasteiger partial charge is 0.369 e. The maximum Gasteiger partial charge on any atom is 0.163 e. The molecule has 0 atom stereocenters. The zero-order valence-corrected chi connectivity index (χ0v) is 13.5. The SMILES string of the molecule is Clc1cccc(-c2nc(NCCc3cnc[nH]3)c3cc[nH]c3n2)c1.[HH].[HH]. The van der Waals surface area contributed by atoms with Gasteiger partial charge in [0, 0.05) is 44.5 Å². The van der Waals surface area contributed by atoms with Crippen molar-refractivity contribution < 1.29 is 2.85 Å². The Morgan fingerprint density at radius 3 is 2.96 bits per heavy atom. The van der Waals surface area contributed by atoms with E-state index >= 15 is 0 Å². The first-order valence-corrected chi connectivity index (χ1v) is 7.99. The van der Waals surface area contributed by atoms with Crippen molar-refractivity contribution in [3.63, 3.8) is 0 Å². The van der Waals surface area contributed by atoms with Crippen LogP contribution in [0, 0.1) is 0 Å². The number of anilines is 1. The van der Waals surface area contributed by atoms with E-state index in [0.29, 0.717) is 10.8 Å². The molecule has 0 bridgehead atoms. The van der Waals surface area contributed by atoms with Crippen molar-refractivity contribution in [3.8, 4) is 11.4 Å². The highest BCUT2D eigenvalue weighted by Crippen LogP contribution is 2.25. The average molecular weight is 343 g/mol. The Morgan fingerprint density at radius 1 is 1.17 bits per heavy atom. The molecule has 0 unspecified atom stereocenters. The van der Waals surface area contributed by atoms with Crippen molar-refractivity contribution in [3.05, 3.63) is 59.8 Å². The van der Waals surface area contributed by atoms with Gasteiger partial charge in [0.1, 0.15) is 11.5 Å². The van der Waals surface area contributed by atoms with E-state index in [9.17, 15) is 0 Å². The summed E-state index contributed by atoms with van der Waals surface area (Å²) in [4.78, 5) is 19.5. The Morgan fingerprint density at radius 2 is 2.12 bits per heavy atom. The molecule has 0 aliphatic rings. The molecule has 0 saturated heterocycles. The van der Waals surface area contributed by atoms with Gasteiger partial charge in [0.05, 0.1) is 11.7 Å². The number of halogens is 1. The van der Waals surface area contributed by atoms with Crippen LogP contribution < -0.4 is 5.32 Å². The first kappa shape index (κ1) is 14.7. The Labute approximate surface area is 146 Å². The van der Waals surface area contributed by atoms with E-state index in [1.807, 2.05) is 42.7 Å². The lowest BCUT2D eigenvalue weighted by molar-refractivity contribution is 0.969. The van der Waals surface area contributed by atoms with Crippen LogP contribution in [0.2, 0.25) is 5.02 Å². The van der Waals surface area contributed by atoms with Crippen molar-refractivity contribution in [2.75, 3.05) is 11.9 Å². The predicted octanol–water partition coefficient (Wildman–Crippen LogP) is 4.15. The summed E-state index contributed by atoms with van der Waals surface area (Å²) < 4.78 is 0. The van der Waals surface area contributed by atoms with Gasteiger partial charge in [-0.25, -0.2) is 15.0 Å². The summed E-state index contributed by atoms with van der Waals surface area (Å²) in [5, 5.41) is 5.01. The Hall–Kier alpha value is -2.86. The summed E-state index contributed by atoms with van der Waals surface area (Å²) in [5.74, 6) is 1.44. The van der Waals surface area contributed by atoms with E-state index in [0.717, 1.165) is 41.1 Å². The maximum absolute atomic E-state index is 6.08. The van der Waals surface area contributed by atoms with E-state index in [1.54, 1.807) is 6.33 Å². The molecule has 0 saturated carbocycles. The number of imidazole rings is 1. The standard InChI is InChI=1S/C17H15ClN6.2H2/c18-12-3-1-2-11(8-12)15-23-16(14-5-7-21-17(14)24-15)20-6-4-13-9-19-10-22-13;;/h1-3,5,7-10H,4,6H2,(H,19,22)(H2,20,21,23,24);2*1H. The van der Waals surface area contributed by atoms with Crippen LogP contribution in [0.5, 0.6) is 0 Å². The molecule has 3 aromatic heterocycles. The molecule has 0 aliphatic heterocycles. The monoisotopic (exact) mass is 342 g/mol. The van der Waals surface area contributed by atoms with Crippen LogP contribution in [0.15, 0.2) is 49.1 Å². The van der Waals surface area contributed by atoms with Gasteiger partial charge in [-0.15, -0.1) is 0 Å². The lowest BCUT2D eigenvalue weighted by Crippen LogP contribution is -2.08. The molecule has 6 nitrogen and oxygen atoms in total. The molecular weight excluding hydrogens is 324 g/mol. The summed E-state index contributed by atoms with van der Waals surface area (Å²) in [6.45, 7) is 0.745. The van der Waals surface area contributed by atoms with Crippen LogP contribution in [-0.2, 0) is 6.42 Å². The molecule has 0 aliphatic carbocycles. The number of rotatable bonds is 5.